The number of hydrogen-bond donors (Lipinski definition) is 2. The average molecular weight is 240 g/mol. The van der Waals surface area contributed by atoms with E-state index >= 15 is 0 Å². The molecule has 0 aromatic carbocycles. The zero-order chi connectivity index (χ0) is 12.3. The van der Waals surface area contributed by atoms with Gasteiger partial charge in [-0.25, -0.2) is 0 Å². The molecule has 2 aliphatic rings. The van der Waals surface area contributed by atoms with Crippen LogP contribution in [0.25, 0.3) is 0 Å². The largest absolute Gasteiger partial charge is 0.396 e. The third-order valence-corrected chi connectivity index (χ3v) is 4.12. The van der Waals surface area contributed by atoms with Crippen molar-refractivity contribution in [3.8, 4) is 0 Å². The molecule has 0 aromatic heterocycles. The van der Waals surface area contributed by atoms with Crippen LogP contribution in [0.15, 0.2) is 0 Å². The van der Waals surface area contributed by atoms with E-state index in [4.69, 9.17) is 5.11 Å². The molecule has 4 heteroatoms. The van der Waals surface area contributed by atoms with E-state index in [1.165, 1.54) is 12.8 Å². The van der Waals surface area contributed by atoms with Crippen LogP contribution < -0.4 is 5.32 Å². The third-order valence-electron chi connectivity index (χ3n) is 4.12. The second kappa shape index (κ2) is 5.83. The Morgan fingerprint density at radius 3 is 2.71 bits per heavy atom. The summed E-state index contributed by atoms with van der Waals surface area (Å²) in [6.07, 6.45) is 6.36. The van der Waals surface area contributed by atoms with Gasteiger partial charge in [0.1, 0.15) is 0 Å². The highest BCUT2D eigenvalue weighted by molar-refractivity contribution is 5.82. The Morgan fingerprint density at radius 1 is 1.35 bits per heavy atom. The fourth-order valence-corrected chi connectivity index (χ4v) is 3.17. The van der Waals surface area contributed by atoms with Crippen molar-refractivity contribution in [3.63, 3.8) is 0 Å². The average Bonchev–Trinajstić information content (AvgIpc) is 2.77. The number of carbonyl (C=O) groups excluding carboxylic acids is 1. The Kier molecular flexibility index (Phi) is 4.40. The van der Waals surface area contributed by atoms with Crippen LogP contribution in [-0.2, 0) is 4.79 Å². The summed E-state index contributed by atoms with van der Waals surface area (Å²) in [7, 11) is 0. The fourth-order valence-electron chi connectivity index (χ4n) is 3.17. The summed E-state index contributed by atoms with van der Waals surface area (Å²) in [5.41, 5.74) is 0. The Hall–Kier alpha value is -0.610. The highest BCUT2D eigenvalue weighted by Gasteiger charge is 2.35. The maximum Gasteiger partial charge on any atom is 0.240 e. The van der Waals surface area contributed by atoms with Gasteiger partial charge in [0.25, 0.3) is 0 Å². The zero-order valence-electron chi connectivity index (χ0n) is 10.7. The van der Waals surface area contributed by atoms with E-state index in [0.717, 1.165) is 25.8 Å². The molecule has 1 amide bonds. The second-order valence-corrected chi connectivity index (χ2v) is 5.34. The van der Waals surface area contributed by atoms with E-state index in [1.54, 1.807) is 0 Å². The van der Waals surface area contributed by atoms with Crippen molar-refractivity contribution in [3.05, 3.63) is 0 Å². The summed E-state index contributed by atoms with van der Waals surface area (Å²) in [4.78, 5) is 14.6. The first-order chi connectivity index (χ1) is 8.24. The maximum atomic E-state index is 12.5. The van der Waals surface area contributed by atoms with Gasteiger partial charge in [-0.3, -0.25) is 4.79 Å². The van der Waals surface area contributed by atoms with Crippen LogP contribution >= 0.6 is 0 Å². The number of rotatable bonds is 3. The number of aliphatic hydroxyl groups excluding tert-OH is 1. The molecule has 17 heavy (non-hydrogen) atoms. The van der Waals surface area contributed by atoms with Crippen molar-refractivity contribution in [1.82, 2.24) is 10.2 Å². The second-order valence-electron chi connectivity index (χ2n) is 5.34. The number of nitrogens with zero attached hydrogens (tertiary/aromatic N) is 1. The lowest BCUT2D eigenvalue weighted by Gasteiger charge is -2.34. The molecule has 2 unspecified atom stereocenters. The molecule has 0 spiro atoms. The molecule has 1 aliphatic heterocycles. The molecular formula is C13H24N2O2. The van der Waals surface area contributed by atoms with Crippen molar-refractivity contribution in [2.24, 2.45) is 0 Å². The molecule has 2 rings (SSSR count). The van der Waals surface area contributed by atoms with Crippen molar-refractivity contribution in [1.29, 1.82) is 0 Å². The third kappa shape index (κ3) is 2.80. The number of aliphatic hydroxyl groups is 1. The van der Waals surface area contributed by atoms with Gasteiger partial charge in [0.15, 0.2) is 0 Å². The Morgan fingerprint density at radius 2 is 2.06 bits per heavy atom. The molecule has 2 atom stereocenters. The van der Waals surface area contributed by atoms with Crippen molar-refractivity contribution in [2.45, 2.75) is 63.6 Å². The van der Waals surface area contributed by atoms with Crippen LogP contribution in [0.1, 0.15) is 45.4 Å². The van der Waals surface area contributed by atoms with Crippen LogP contribution in [0.2, 0.25) is 0 Å². The van der Waals surface area contributed by atoms with Gasteiger partial charge in [-0.05, 0) is 39.2 Å². The molecule has 98 valence electrons. The quantitative estimate of drug-likeness (QED) is 0.770. The summed E-state index contributed by atoms with van der Waals surface area (Å²) in [5, 5.41) is 12.3. The van der Waals surface area contributed by atoms with E-state index < -0.39 is 0 Å². The highest BCUT2D eigenvalue weighted by Crippen LogP contribution is 2.27. The molecule has 1 saturated heterocycles. The minimum atomic E-state index is -0.175. The Bertz CT molecular complexity index is 264. The summed E-state index contributed by atoms with van der Waals surface area (Å²) in [6, 6.07) is 0.603. The topological polar surface area (TPSA) is 52.6 Å². The zero-order valence-corrected chi connectivity index (χ0v) is 10.7. The number of carbonyl (C=O) groups is 1. The van der Waals surface area contributed by atoms with Crippen LogP contribution in [0.3, 0.4) is 0 Å². The molecule has 0 radical (unpaired) electrons. The monoisotopic (exact) mass is 240 g/mol. The Balaban J connectivity index is 2.10. The summed E-state index contributed by atoms with van der Waals surface area (Å²) < 4.78 is 0. The van der Waals surface area contributed by atoms with Gasteiger partial charge in [0.05, 0.1) is 6.04 Å². The van der Waals surface area contributed by atoms with Crippen LogP contribution in [0, 0.1) is 0 Å². The molecule has 1 aliphatic carbocycles. The summed E-state index contributed by atoms with van der Waals surface area (Å²) >= 11 is 0. The molecule has 1 heterocycles. The highest BCUT2D eigenvalue weighted by atomic mass is 16.3. The van der Waals surface area contributed by atoms with Gasteiger partial charge in [-0.1, -0.05) is 12.8 Å². The number of amides is 1. The van der Waals surface area contributed by atoms with Gasteiger partial charge in [0, 0.05) is 18.7 Å². The van der Waals surface area contributed by atoms with E-state index in [9.17, 15) is 4.79 Å². The van der Waals surface area contributed by atoms with Gasteiger partial charge in [-0.2, -0.15) is 0 Å². The molecule has 4 nitrogen and oxygen atoms in total. The van der Waals surface area contributed by atoms with E-state index in [0.29, 0.717) is 18.5 Å². The molecule has 0 bridgehead atoms. The lowest BCUT2D eigenvalue weighted by molar-refractivity contribution is -0.137. The molecule has 2 fully saturated rings. The molecule has 1 saturated carbocycles. The van der Waals surface area contributed by atoms with Crippen molar-refractivity contribution < 1.29 is 9.90 Å². The molecular weight excluding hydrogens is 216 g/mol. The smallest absolute Gasteiger partial charge is 0.240 e. The summed E-state index contributed by atoms with van der Waals surface area (Å²) in [5.74, 6) is 0.205. The van der Waals surface area contributed by atoms with Crippen LogP contribution in [0.5, 0.6) is 0 Å². The fraction of sp³-hybridized carbons (Fsp3) is 0.923. The standard InChI is InChI=1S/C13H24N2O2/c1-10-6-8-14-12(7-9-16)13(17)15(10)11-4-2-3-5-11/h10-12,14,16H,2-9H2,1H3. The maximum absolute atomic E-state index is 12.5. The van der Waals surface area contributed by atoms with Crippen LogP contribution in [-0.4, -0.2) is 47.2 Å². The SMILES string of the molecule is CC1CCNC(CCO)C(=O)N1C1CCCC1. The molecule has 2 N–H and O–H groups in total. The predicted octanol–water partition coefficient (Wildman–Crippen LogP) is 0.890. The van der Waals surface area contributed by atoms with Gasteiger partial charge in [-0.15, -0.1) is 0 Å². The first-order valence-electron chi connectivity index (χ1n) is 6.90. The minimum absolute atomic E-state index is 0.0797. The number of hydrogen-bond acceptors (Lipinski definition) is 3. The van der Waals surface area contributed by atoms with Gasteiger partial charge >= 0.3 is 0 Å². The van der Waals surface area contributed by atoms with Gasteiger partial charge in [0.2, 0.25) is 5.91 Å². The minimum Gasteiger partial charge on any atom is -0.396 e. The van der Waals surface area contributed by atoms with Gasteiger partial charge < -0.3 is 15.3 Å². The number of nitrogens with one attached hydrogen (secondary N) is 1. The van der Waals surface area contributed by atoms with E-state index in [2.05, 4.69) is 17.1 Å². The van der Waals surface area contributed by atoms with Crippen molar-refractivity contribution >= 4 is 5.91 Å². The van der Waals surface area contributed by atoms with Crippen LogP contribution in [0.4, 0.5) is 0 Å². The normalized spacial score (nSPS) is 31.9. The summed E-state index contributed by atoms with van der Waals surface area (Å²) in [6.45, 7) is 3.11. The Labute approximate surface area is 103 Å². The lowest BCUT2D eigenvalue weighted by atomic mass is 10.1. The van der Waals surface area contributed by atoms with Crippen molar-refractivity contribution in [2.75, 3.05) is 13.2 Å². The first kappa shape index (κ1) is 12.8. The first-order valence-corrected chi connectivity index (χ1v) is 6.90. The van der Waals surface area contributed by atoms with E-state index in [-0.39, 0.29) is 18.6 Å². The van der Waals surface area contributed by atoms with E-state index in [1.807, 2.05) is 0 Å². The predicted molar refractivity (Wildman–Crippen MR) is 66.7 cm³/mol. The molecule has 0 aromatic rings. The lowest BCUT2D eigenvalue weighted by Crippen LogP contribution is -2.50.